The third kappa shape index (κ3) is 5.05. The number of hydrogen-bond acceptors (Lipinski definition) is 5. The predicted octanol–water partition coefficient (Wildman–Crippen LogP) is 5.21. The van der Waals surface area contributed by atoms with E-state index in [1.807, 2.05) is 55.5 Å². The van der Waals surface area contributed by atoms with Crippen molar-refractivity contribution in [2.24, 2.45) is 0 Å². The van der Waals surface area contributed by atoms with Crippen LogP contribution in [0.25, 0.3) is 6.08 Å². The van der Waals surface area contributed by atoms with Gasteiger partial charge in [-0.05, 0) is 62.7 Å². The maximum Gasteiger partial charge on any atom is 0.293 e. The van der Waals surface area contributed by atoms with Crippen molar-refractivity contribution in [3.8, 4) is 5.75 Å². The lowest BCUT2D eigenvalue weighted by Crippen LogP contribution is -2.30. The van der Waals surface area contributed by atoms with Gasteiger partial charge in [-0.25, -0.2) is 0 Å². The first-order chi connectivity index (χ1) is 14.6. The first kappa shape index (κ1) is 22.0. The van der Waals surface area contributed by atoms with Crippen molar-refractivity contribution in [3.05, 3.63) is 64.6 Å². The average Bonchev–Trinajstić information content (AvgIpc) is 3.02. The molecule has 0 atom stereocenters. The molecule has 3 rings (SSSR count). The van der Waals surface area contributed by atoms with E-state index in [-0.39, 0.29) is 11.1 Å². The van der Waals surface area contributed by atoms with Crippen molar-refractivity contribution >= 4 is 34.7 Å². The van der Waals surface area contributed by atoms with Crippen LogP contribution in [-0.4, -0.2) is 42.3 Å². The number of thioether (sulfide) groups is 1. The van der Waals surface area contributed by atoms with Gasteiger partial charge in [0.2, 0.25) is 0 Å². The highest BCUT2D eigenvalue weighted by Crippen LogP contribution is 2.35. The van der Waals surface area contributed by atoms with Crippen LogP contribution in [0.4, 0.5) is 10.5 Å². The summed E-state index contributed by atoms with van der Waals surface area (Å²) in [6.07, 6.45) is 2.42. The van der Waals surface area contributed by atoms with E-state index in [0.717, 1.165) is 47.4 Å². The van der Waals surface area contributed by atoms with Gasteiger partial charge < -0.3 is 9.64 Å². The van der Waals surface area contributed by atoms with Gasteiger partial charge in [-0.3, -0.25) is 14.5 Å². The Labute approximate surface area is 182 Å². The molecule has 1 aliphatic rings. The third-order valence-electron chi connectivity index (χ3n) is 5.05. The minimum atomic E-state index is -0.240. The average molecular weight is 425 g/mol. The predicted molar refractivity (Wildman–Crippen MR) is 124 cm³/mol. The number of imide groups is 1. The Morgan fingerprint density at radius 2 is 1.77 bits per heavy atom. The number of carbonyl (C=O) groups is 2. The molecular formula is C24H28N2O3S. The van der Waals surface area contributed by atoms with Crippen LogP contribution in [0.3, 0.4) is 0 Å². The van der Waals surface area contributed by atoms with Crippen LogP contribution in [0.5, 0.6) is 5.75 Å². The van der Waals surface area contributed by atoms with Crippen LogP contribution in [0.15, 0.2) is 53.4 Å². The molecule has 6 heteroatoms. The fourth-order valence-electron chi connectivity index (χ4n) is 3.43. The summed E-state index contributed by atoms with van der Waals surface area (Å²) >= 11 is 0.991. The summed E-state index contributed by atoms with van der Waals surface area (Å²) in [6.45, 7) is 8.88. The van der Waals surface area contributed by atoms with Crippen molar-refractivity contribution in [1.82, 2.24) is 4.90 Å². The molecule has 2 aromatic carbocycles. The molecule has 0 saturated carbocycles. The summed E-state index contributed by atoms with van der Waals surface area (Å²) in [6, 6.07) is 15.9. The standard InChI is InChI=1S/C24H28N2O3S/c1-4-25(5-2)20-13-12-19(21(17-20)29-6-3)16-22-23(27)26(24(28)30-22)15-14-18-10-8-7-9-11-18/h7-13,16-17H,4-6,14-15H2,1-3H3. The molecule has 0 spiro atoms. The highest BCUT2D eigenvalue weighted by atomic mass is 32.2. The minimum absolute atomic E-state index is 0.222. The van der Waals surface area contributed by atoms with Gasteiger partial charge in [-0.2, -0.15) is 0 Å². The van der Waals surface area contributed by atoms with Crippen molar-refractivity contribution in [3.63, 3.8) is 0 Å². The molecule has 0 aromatic heterocycles. The number of amides is 2. The number of carbonyl (C=O) groups excluding carboxylic acids is 2. The monoisotopic (exact) mass is 424 g/mol. The molecular weight excluding hydrogens is 396 g/mol. The van der Waals surface area contributed by atoms with Crippen molar-refractivity contribution in [2.75, 3.05) is 31.1 Å². The Kier molecular flexibility index (Phi) is 7.57. The summed E-state index contributed by atoms with van der Waals surface area (Å²) in [5.74, 6) is 0.481. The number of hydrogen-bond donors (Lipinski definition) is 0. The van der Waals surface area contributed by atoms with Crippen molar-refractivity contribution in [1.29, 1.82) is 0 Å². The molecule has 1 fully saturated rings. The number of ether oxygens (including phenoxy) is 1. The first-order valence-electron chi connectivity index (χ1n) is 10.4. The second kappa shape index (κ2) is 10.3. The van der Waals surface area contributed by atoms with Crippen molar-refractivity contribution < 1.29 is 14.3 Å². The molecule has 0 N–H and O–H groups in total. The molecule has 1 saturated heterocycles. The largest absolute Gasteiger partial charge is 0.493 e. The number of nitrogens with zero attached hydrogens (tertiary/aromatic N) is 2. The number of anilines is 1. The van der Waals surface area contributed by atoms with Crippen LogP contribution in [0, 0.1) is 0 Å². The molecule has 0 bridgehead atoms. The quantitative estimate of drug-likeness (QED) is 0.517. The van der Waals surface area contributed by atoms with Gasteiger partial charge in [0, 0.05) is 37.0 Å². The molecule has 5 nitrogen and oxygen atoms in total. The molecule has 30 heavy (non-hydrogen) atoms. The summed E-state index contributed by atoms with van der Waals surface area (Å²) in [5, 5.41) is -0.222. The smallest absolute Gasteiger partial charge is 0.293 e. The van der Waals surface area contributed by atoms with Gasteiger partial charge in [0.15, 0.2) is 0 Å². The SMILES string of the molecule is CCOc1cc(N(CC)CC)ccc1C=C1SC(=O)N(CCc2ccccc2)C1=O. The zero-order chi connectivity index (χ0) is 21.5. The summed E-state index contributed by atoms with van der Waals surface area (Å²) < 4.78 is 5.83. The molecule has 0 aliphatic carbocycles. The van der Waals surface area contributed by atoms with Gasteiger partial charge >= 0.3 is 0 Å². The van der Waals surface area contributed by atoms with E-state index in [1.165, 1.54) is 4.90 Å². The van der Waals surface area contributed by atoms with Crippen LogP contribution >= 0.6 is 11.8 Å². The van der Waals surface area contributed by atoms with Crippen molar-refractivity contribution in [2.45, 2.75) is 27.2 Å². The van der Waals surface area contributed by atoms with Gasteiger partial charge in [0.1, 0.15) is 5.75 Å². The lowest BCUT2D eigenvalue weighted by Gasteiger charge is -2.22. The molecule has 0 radical (unpaired) electrons. The zero-order valence-electron chi connectivity index (χ0n) is 17.8. The molecule has 1 aliphatic heterocycles. The second-order valence-corrected chi connectivity index (χ2v) is 7.89. The van der Waals surface area contributed by atoms with E-state index >= 15 is 0 Å². The minimum Gasteiger partial charge on any atom is -0.493 e. The van der Waals surface area contributed by atoms with Gasteiger partial charge in [0.25, 0.3) is 11.1 Å². The van der Waals surface area contributed by atoms with Crippen LogP contribution in [0.2, 0.25) is 0 Å². The van der Waals surface area contributed by atoms with Crippen LogP contribution in [0.1, 0.15) is 31.9 Å². The molecule has 1 heterocycles. The van der Waals surface area contributed by atoms with E-state index in [9.17, 15) is 9.59 Å². The molecule has 158 valence electrons. The summed E-state index contributed by atoms with van der Waals surface area (Å²) in [5.41, 5.74) is 2.99. The maximum absolute atomic E-state index is 12.8. The van der Waals surface area contributed by atoms with Gasteiger partial charge in [0.05, 0.1) is 11.5 Å². The van der Waals surface area contributed by atoms with E-state index < -0.39 is 0 Å². The highest BCUT2D eigenvalue weighted by Gasteiger charge is 2.34. The first-order valence-corrected chi connectivity index (χ1v) is 11.2. The van der Waals surface area contributed by atoms with E-state index in [1.54, 1.807) is 6.08 Å². The topological polar surface area (TPSA) is 49.9 Å². The van der Waals surface area contributed by atoms with Crippen LogP contribution in [-0.2, 0) is 11.2 Å². The lowest BCUT2D eigenvalue weighted by molar-refractivity contribution is -0.122. The Bertz CT molecular complexity index is 923. The van der Waals surface area contributed by atoms with Crippen LogP contribution < -0.4 is 9.64 Å². The molecule has 2 aromatic rings. The lowest BCUT2D eigenvalue weighted by atomic mass is 10.1. The Morgan fingerprint density at radius 1 is 1.03 bits per heavy atom. The summed E-state index contributed by atoms with van der Waals surface area (Å²) in [4.78, 5) is 29.3. The molecule has 0 unspecified atom stereocenters. The number of benzene rings is 2. The Hall–Kier alpha value is -2.73. The molecule has 2 amide bonds. The maximum atomic E-state index is 12.8. The third-order valence-corrected chi connectivity index (χ3v) is 5.96. The Morgan fingerprint density at radius 3 is 2.43 bits per heavy atom. The van der Waals surface area contributed by atoms with E-state index in [4.69, 9.17) is 4.74 Å². The van der Waals surface area contributed by atoms with E-state index in [2.05, 4.69) is 18.7 Å². The second-order valence-electron chi connectivity index (χ2n) is 6.90. The number of rotatable bonds is 9. The highest BCUT2D eigenvalue weighted by molar-refractivity contribution is 8.18. The fraction of sp³-hybridized carbons (Fsp3) is 0.333. The Balaban J connectivity index is 1.80. The van der Waals surface area contributed by atoms with E-state index in [0.29, 0.717) is 24.5 Å². The van der Waals surface area contributed by atoms with Gasteiger partial charge in [-0.15, -0.1) is 0 Å². The normalized spacial score (nSPS) is 15.2. The fourth-order valence-corrected chi connectivity index (χ4v) is 4.28. The summed E-state index contributed by atoms with van der Waals surface area (Å²) in [7, 11) is 0. The zero-order valence-corrected chi connectivity index (χ0v) is 18.6. The van der Waals surface area contributed by atoms with Gasteiger partial charge in [-0.1, -0.05) is 30.3 Å².